The summed E-state index contributed by atoms with van der Waals surface area (Å²) in [6.45, 7) is 1.96. The number of hydrogen-bond acceptors (Lipinski definition) is 6. The van der Waals surface area contributed by atoms with Crippen LogP contribution in [0.1, 0.15) is 17.6 Å². The molecular formula is C12H12N2O4. The average molecular weight is 248 g/mol. The Kier molecular flexibility index (Phi) is 3.57. The summed E-state index contributed by atoms with van der Waals surface area (Å²) in [6, 6.07) is 7.20. The van der Waals surface area contributed by atoms with E-state index in [-0.39, 0.29) is 18.3 Å². The number of hydrogen-bond donors (Lipinski definition) is 0. The van der Waals surface area contributed by atoms with E-state index in [1.165, 1.54) is 0 Å². The monoisotopic (exact) mass is 248 g/mol. The summed E-state index contributed by atoms with van der Waals surface area (Å²) < 4.78 is 14.8. The standard InChI is InChI=1S/C12H12N2O4/c1-3-17-12(15)11-13-10(14-18-11)8-6-4-5-7-9(8)16-2/h4-7H,3H2,1-2H3. The molecule has 2 rings (SSSR count). The molecular weight excluding hydrogens is 236 g/mol. The number of benzene rings is 1. The number of methoxy groups -OCH3 is 1. The molecule has 2 aromatic rings. The van der Waals surface area contributed by atoms with Crippen LogP contribution in [-0.2, 0) is 4.74 Å². The maximum atomic E-state index is 11.4. The molecule has 0 spiro atoms. The lowest BCUT2D eigenvalue weighted by atomic mass is 10.2. The maximum absolute atomic E-state index is 11.4. The van der Waals surface area contributed by atoms with Crippen molar-refractivity contribution in [3.8, 4) is 17.1 Å². The van der Waals surface area contributed by atoms with Gasteiger partial charge >= 0.3 is 11.9 Å². The van der Waals surface area contributed by atoms with Gasteiger partial charge in [0.25, 0.3) is 0 Å². The van der Waals surface area contributed by atoms with Gasteiger partial charge in [0.15, 0.2) is 0 Å². The highest BCUT2D eigenvalue weighted by Gasteiger charge is 2.18. The third-order valence-corrected chi connectivity index (χ3v) is 2.22. The highest BCUT2D eigenvalue weighted by molar-refractivity contribution is 5.84. The molecule has 0 unspecified atom stereocenters. The summed E-state index contributed by atoms with van der Waals surface area (Å²) >= 11 is 0. The van der Waals surface area contributed by atoms with Crippen LogP contribution in [0.5, 0.6) is 5.75 Å². The Labute approximate surface area is 104 Å². The average Bonchev–Trinajstić information content (AvgIpc) is 2.88. The van der Waals surface area contributed by atoms with Gasteiger partial charge in [0.2, 0.25) is 5.82 Å². The molecule has 18 heavy (non-hydrogen) atoms. The largest absolute Gasteiger partial charge is 0.496 e. The molecule has 6 nitrogen and oxygen atoms in total. The molecule has 0 N–H and O–H groups in total. The van der Waals surface area contributed by atoms with Gasteiger partial charge in [-0.05, 0) is 19.1 Å². The van der Waals surface area contributed by atoms with Crippen LogP contribution in [0, 0.1) is 0 Å². The zero-order valence-electron chi connectivity index (χ0n) is 10.0. The molecule has 0 atom stereocenters. The minimum absolute atomic E-state index is 0.169. The Morgan fingerprint density at radius 2 is 2.17 bits per heavy atom. The predicted octanol–water partition coefficient (Wildman–Crippen LogP) is 1.92. The summed E-state index contributed by atoms with van der Waals surface area (Å²) in [4.78, 5) is 15.4. The summed E-state index contributed by atoms with van der Waals surface area (Å²) in [5.41, 5.74) is 0.652. The number of carbonyl (C=O) groups excluding carboxylic acids is 1. The van der Waals surface area contributed by atoms with E-state index in [2.05, 4.69) is 10.1 Å². The zero-order valence-corrected chi connectivity index (χ0v) is 10.0. The second kappa shape index (κ2) is 5.31. The molecule has 0 aliphatic heterocycles. The fraction of sp³-hybridized carbons (Fsp3) is 0.250. The van der Waals surface area contributed by atoms with Crippen molar-refractivity contribution in [2.24, 2.45) is 0 Å². The first-order chi connectivity index (χ1) is 8.76. The molecule has 6 heteroatoms. The quantitative estimate of drug-likeness (QED) is 0.769. The molecule has 0 bridgehead atoms. The number of nitrogens with zero attached hydrogens (tertiary/aromatic N) is 2. The molecule has 94 valence electrons. The zero-order chi connectivity index (χ0) is 13.0. The highest BCUT2D eigenvalue weighted by atomic mass is 16.6. The number of carbonyl (C=O) groups is 1. The van der Waals surface area contributed by atoms with Gasteiger partial charge in [-0.3, -0.25) is 0 Å². The maximum Gasteiger partial charge on any atom is 0.397 e. The molecule has 0 radical (unpaired) electrons. The van der Waals surface area contributed by atoms with Crippen LogP contribution in [0.25, 0.3) is 11.4 Å². The molecule has 0 saturated carbocycles. The minimum Gasteiger partial charge on any atom is -0.496 e. The van der Waals surface area contributed by atoms with Crippen LogP contribution in [0.2, 0.25) is 0 Å². The summed E-state index contributed by atoms with van der Waals surface area (Å²) in [7, 11) is 1.55. The first-order valence-electron chi connectivity index (χ1n) is 5.40. The number of ether oxygens (including phenoxy) is 2. The normalized spacial score (nSPS) is 10.1. The third-order valence-electron chi connectivity index (χ3n) is 2.22. The van der Waals surface area contributed by atoms with Crippen molar-refractivity contribution in [1.82, 2.24) is 10.1 Å². The fourth-order valence-electron chi connectivity index (χ4n) is 1.44. The van der Waals surface area contributed by atoms with Crippen molar-refractivity contribution < 1.29 is 18.8 Å². The second-order valence-corrected chi connectivity index (χ2v) is 3.34. The van der Waals surface area contributed by atoms with Gasteiger partial charge in [0, 0.05) is 0 Å². The molecule has 0 aliphatic carbocycles. The van der Waals surface area contributed by atoms with E-state index in [0.717, 1.165) is 0 Å². The molecule has 0 amide bonds. The van der Waals surface area contributed by atoms with Crippen molar-refractivity contribution in [1.29, 1.82) is 0 Å². The van der Waals surface area contributed by atoms with Crippen LogP contribution in [-0.4, -0.2) is 29.8 Å². The van der Waals surface area contributed by atoms with E-state index >= 15 is 0 Å². The smallest absolute Gasteiger partial charge is 0.397 e. The number of para-hydroxylation sites is 1. The van der Waals surface area contributed by atoms with Crippen molar-refractivity contribution in [3.63, 3.8) is 0 Å². The first-order valence-corrected chi connectivity index (χ1v) is 5.40. The van der Waals surface area contributed by atoms with Crippen LogP contribution in [0.15, 0.2) is 28.8 Å². The third kappa shape index (κ3) is 2.32. The Balaban J connectivity index is 2.32. The SMILES string of the molecule is CCOC(=O)c1nc(-c2ccccc2OC)no1. The van der Waals surface area contributed by atoms with Gasteiger partial charge in [0.1, 0.15) is 5.75 Å². The highest BCUT2D eigenvalue weighted by Crippen LogP contribution is 2.26. The Hall–Kier alpha value is -2.37. The molecule has 1 aromatic heterocycles. The van der Waals surface area contributed by atoms with E-state index in [1.54, 1.807) is 26.2 Å². The van der Waals surface area contributed by atoms with Crippen molar-refractivity contribution in [2.45, 2.75) is 6.92 Å². The van der Waals surface area contributed by atoms with Gasteiger partial charge in [-0.1, -0.05) is 17.3 Å². The van der Waals surface area contributed by atoms with E-state index in [1.807, 2.05) is 12.1 Å². The topological polar surface area (TPSA) is 74.5 Å². The molecule has 1 heterocycles. The van der Waals surface area contributed by atoms with Crippen LogP contribution < -0.4 is 4.74 Å². The van der Waals surface area contributed by atoms with Crippen LogP contribution in [0.3, 0.4) is 0 Å². The Morgan fingerprint density at radius 3 is 2.89 bits per heavy atom. The Bertz CT molecular complexity index is 551. The number of esters is 1. The minimum atomic E-state index is -0.633. The summed E-state index contributed by atoms with van der Waals surface area (Å²) in [5, 5.41) is 3.73. The van der Waals surface area contributed by atoms with Gasteiger partial charge in [-0.25, -0.2) is 4.79 Å². The lowest BCUT2D eigenvalue weighted by molar-refractivity contribution is 0.0470. The van der Waals surface area contributed by atoms with Gasteiger partial charge in [-0.2, -0.15) is 4.98 Å². The summed E-state index contributed by atoms with van der Waals surface area (Å²) in [5.74, 6) is 0.0908. The van der Waals surface area contributed by atoms with E-state index in [4.69, 9.17) is 14.0 Å². The predicted molar refractivity (Wildman–Crippen MR) is 62.2 cm³/mol. The molecule has 0 fully saturated rings. The van der Waals surface area contributed by atoms with Gasteiger partial charge < -0.3 is 14.0 Å². The number of rotatable bonds is 4. The molecule has 0 aliphatic rings. The van der Waals surface area contributed by atoms with Crippen molar-refractivity contribution >= 4 is 5.97 Å². The lowest BCUT2D eigenvalue weighted by Crippen LogP contribution is -2.04. The van der Waals surface area contributed by atoms with Crippen molar-refractivity contribution in [2.75, 3.05) is 13.7 Å². The lowest BCUT2D eigenvalue weighted by Gasteiger charge is -2.02. The molecule has 0 saturated heterocycles. The van der Waals surface area contributed by atoms with E-state index < -0.39 is 5.97 Å². The van der Waals surface area contributed by atoms with Gasteiger partial charge in [0.05, 0.1) is 19.3 Å². The molecule has 1 aromatic carbocycles. The summed E-state index contributed by atoms with van der Waals surface area (Å²) in [6.07, 6.45) is 0. The fourth-order valence-corrected chi connectivity index (χ4v) is 1.44. The Morgan fingerprint density at radius 1 is 1.39 bits per heavy atom. The van der Waals surface area contributed by atoms with Crippen LogP contribution >= 0.6 is 0 Å². The van der Waals surface area contributed by atoms with E-state index in [9.17, 15) is 4.79 Å². The van der Waals surface area contributed by atoms with Gasteiger partial charge in [-0.15, -0.1) is 0 Å². The number of aromatic nitrogens is 2. The second-order valence-electron chi connectivity index (χ2n) is 3.34. The van der Waals surface area contributed by atoms with Crippen LogP contribution in [0.4, 0.5) is 0 Å². The first kappa shape index (κ1) is 12.1. The van der Waals surface area contributed by atoms with Crippen molar-refractivity contribution in [3.05, 3.63) is 30.2 Å². The van der Waals surface area contributed by atoms with E-state index in [0.29, 0.717) is 11.3 Å².